The Morgan fingerprint density at radius 1 is 1.30 bits per heavy atom. The summed E-state index contributed by atoms with van der Waals surface area (Å²) in [5.74, 6) is -0.757. The monoisotopic (exact) mass is 370 g/mol. The minimum atomic E-state index is -0.558. The number of benzene rings is 1. The van der Waals surface area contributed by atoms with Crippen LogP contribution in [0, 0.1) is 0 Å². The van der Waals surface area contributed by atoms with Gasteiger partial charge in [-0.3, -0.25) is 19.7 Å². The summed E-state index contributed by atoms with van der Waals surface area (Å²) in [6, 6.07) is 5.33. The molecule has 3 N–H and O–H groups in total. The highest BCUT2D eigenvalue weighted by Gasteiger charge is 2.39. The molecule has 7 heteroatoms. The Balaban J connectivity index is 1.40. The zero-order valence-electron chi connectivity index (χ0n) is 15.6. The molecule has 0 saturated carbocycles. The molecule has 3 aliphatic rings. The van der Waals surface area contributed by atoms with Crippen molar-refractivity contribution in [1.82, 2.24) is 20.9 Å². The Bertz CT molecular complexity index is 785. The average Bonchev–Trinajstić information content (AvgIpc) is 3.19. The maximum Gasteiger partial charge on any atom is 0.255 e. The van der Waals surface area contributed by atoms with Crippen LogP contribution in [0.4, 0.5) is 0 Å². The molecule has 4 rings (SSSR count). The van der Waals surface area contributed by atoms with E-state index in [1.165, 1.54) is 12.8 Å². The molecule has 0 radical (unpaired) electrons. The number of amides is 3. The number of fused-ring (bicyclic) bond motifs is 1. The fourth-order valence-corrected chi connectivity index (χ4v) is 4.33. The maximum absolute atomic E-state index is 12.7. The van der Waals surface area contributed by atoms with Gasteiger partial charge in [0.2, 0.25) is 11.8 Å². The third-order valence-electron chi connectivity index (χ3n) is 5.89. The highest BCUT2D eigenvalue weighted by atomic mass is 16.2. The zero-order valence-corrected chi connectivity index (χ0v) is 15.6. The van der Waals surface area contributed by atoms with Gasteiger partial charge in [-0.1, -0.05) is 12.1 Å². The van der Waals surface area contributed by atoms with Crippen molar-refractivity contribution in [2.75, 3.05) is 13.1 Å². The molecule has 2 atom stereocenters. The summed E-state index contributed by atoms with van der Waals surface area (Å²) in [5, 5.41) is 9.39. The zero-order chi connectivity index (χ0) is 19.0. The fourth-order valence-electron chi connectivity index (χ4n) is 4.33. The third-order valence-corrected chi connectivity index (χ3v) is 5.89. The first-order chi connectivity index (χ1) is 13.0. The van der Waals surface area contributed by atoms with Gasteiger partial charge in [0, 0.05) is 37.2 Å². The Morgan fingerprint density at radius 2 is 2.15 bits per heavy atom. The number of nitrogens with zero attached hydrogens (tertiary/aromatic N) is 1. The molecule has 1 aromatic carbocycles. The molecule has 1 aromatic rings. The molecule has 0 aliphatic carbocycles. The van der Waals surface area contributed by atoms with Crippen molar-refractivity contribution in [2.45, 2.75) is 57.3 Å². The van der Waals surface area contributed by atoms with E-state index in [4.69, 9.17) is 0 Å². The van der Waals surface area contributed by atoms with Crippen LogP contribution < -0.4 is 16.0 Å². The number of piperidine rings is 1. The maximum atomic E-state index is 12.7. The molecular weight excluding hydrogens is 344 g/mol. The lowest BCUT2D eigenvalue weighted by Gasteiger charge is -2.29. The minimum absolute atomic E-state index is 0.123. The molecule has 3 heterocycles. The minimum Gasteiger partial charge on any atom is -0.322 e. The second-order valence-corrected chi connectivity index (χ2v) is 8.09. The number of nitrogens with one attached hydrogen (secondary N) is 3. The van der Waals surface area contributed by atoms with Crippen molar-refractivity contribution in [3.8, 4) is 0 Å². The molecule has 3 amide bonds. The van der Waals surface area contributed by atoms with Crippen LogP contribution in [0.1, 0.15) is 54.1 Å². The quantitative estimate of drug-likeness (QED) is 0.663. The van der Waals surface area contributed by atoms with Crippen molar-refractivity contribution >= 4 is 17.7 Å². The molecule has 3 aliphatic heterocycles. The van der Waals surface area contributed by atoms with Gasteiger partial charge in [0.15, 0.2) is 0 Å². The van der Waals surface area contributed by atoms with Crippen LogP contribution in [0.2, 0.25) is 0 Å². The summed E-state index contributed by atoms with van der Waals surface area (Å²) >= 11 is 0. The Morgan fingerprint density at radius 3 is 2.89 bits per heavy atom. The Hall–Kier alpha value is -2.25. The van der Waals surface area contributed by atoms with E-state index in [2.05, 4.69) is 28.9 Å². The van der Waals surface area contributed by atoms with Crippen LogP contribution in [-0.4, -0.2) is 47.3 Å². The first kappa shape index (κ1) is 18.1. The highest BCUT2D eigenvalue weighted by molar-refractivity contribution is 6.05. The van der Waals surface area contributed by atoms with Crippen molar-refractivity contribution in [2.24, 2.45) is 0 Å². The molecule has 7 nitrogen and oxygen atoms in total. The van der Waals surface area contributed by atoms with E-state index >= 15 is 0 Å². The van der Waals surface area contributed by atoms with E-state index in [0.717, 1.165) is 30.8 Å². The molecule has 0 bridgehead atoms. The van der Waals surface area contributed by atoms with Crippen LogP contribution in [0.15, 0.2) is 18.2 Å². The summed E-state index contributed by atoms with van der Waals surface area (Å²) in [7, 11) is 0. The highest BCUT2D eigenvalue weighted by Crippen LogP contribution is 2.28. The van der Waals surface area contributed by atoms with Gasteiger partial charge in [0.1, 0.15) is 6.04 Å². The summed E-state index contributed by atoms with van der Waals surface area (Å²) in [4.78, 5) is 37.8. The van der Waals surface area contributed by atoms with Crippen LogP contribution in [0.25, 0.3) is 0 Å². The molecule has 2 saturated heterocycles. The number of hydrogen-bond acceptors (Lipinski definition) is 5. The van der Waals surface area contributed by atoms with E-state index in [-0.39, 0.29) is 29.7 Å². The van der Waals surface area contributed by atoms with Gasteiger partial charge in [0.25, 0.3) is 5.91 Å². The number of rotatable bonds is 5. The first-order valence-corrected chi connectivity index (χ1v) is 9.67. The standard InChI is InChI=1S/C20H26N4O3/c1-20(7-2-8-22-20)12-21-10-13-3-4-15-14(9-13)11-24(19(15)27)16-5-6-17(25)23-18(16)26/h3-4,9,16,21-22H,2,5-8,10-12H2,1H3,(H,23,25,26)/t16?,20-/m0/s1. The molecule has 2 fully saturated rings. The van der Waals surface area contributed by atoms with E-state index in [9.17, 15) is 14.4 Å². The van der Waals surface area contributed by atoms with Gasteiger partial charge in [-0.2, -0.15) is 0 Å². The Kier molecular flexibility index (Phi) is 4.74. The second kappa shape index (κ2) is 7.05. The summed E-state index contributed by atoms with van der Waals surface area (Å²) in [6.45, 7) is 5.40. The van der Waals surface area contributed by atoms with Crippen LogP contribution in [0.3, 0.4) is 0 Å². The van der Waals surface area contributed by atoms with E-state index in [1.807, 2.05) is 12.1 Å². The molecule has 1 unspecified atom stereocenters. The summed E-state index contributed by atoms with van der Waals surface area (Å²) in [5.41, 5.74) is 2.91. The SMILES string of the molecule is C[C@@]1(CNCc2ccc3c(c2)CN(C2CCC(=O)NC2=O)C3=O)CCCN1. The molecule has 0 spiro atoms. The topological polar surface area (TPSA) is 90.5 Å². The van der Waals surface area contributed by atoms with Crippen LogP contribution >= 0.6 is 0 Å². The lowest BCUT2D eigenvalue weighted by molar-refractivity contribution is -0.136. The van der Waals surface area contributed by atoms with Crippen molar-refractivity contribution in [3.05, 3.63) is 34.9 Å². The van der Waals surface area contributed by atoms with Gasteiger partial charge >= 0.3 is 0 Å². The van der Waals surface area contributed by atoms with Crippen molar-refractivity contribution in [1.29, 1.82) is 0 Å². The summed E-state index contributed by atoms with van der Waals surface area (Å²) < 4.78 is 0. The Labute approximate surface area is 158 Å². The van der Waals surface area contributed by atoms with Crippen molar-refractivity contribution < 1.29 is 14.4 Å². The van der Waals surface area contributed by atoms with Crippen molar-refractivity contribution in [3.63, 3.8) is 0 Å². The number of imide groups is 1. The van der Waals surface area contributed by atoms with Gasteiger partial charge in [-0.05, 0) is 49.9 Å². The van der Waals surface area contributed by atoms with E-state index in [1.54, 1.807) is 4.90 Å². The predicted molar refractivity (Wildman–Crippen MR) is 99.8 cm³/mol. The molecule has 144 valence electrons. The van der Waals surface area contributed by atoms with E-state index in [0.29, 0.717) is 18.5 Å². The van der Waals surface area contributed by atoms with Gasteiger partial charge < -0.3 is 15.5 Å². The van der Waals surface area contributed by atoms with Gasteiger partial charge in [0.05, 0.1) is 0 Å². The molecular formula is C20H26N4O3. The fraction of sp³-hybridized carbons (Fsp3) is 0.550. The third kappa shape index (κ3) is 3.61. The normalized spacial score (nSPS) is 27.8. The van der Waals surface area contributed by atoms with Crippen LogP contribution in [0.5, 0.6) is 0 Å². The first-order valence-electron chi connectivity index (χ1n) is 9.67. The van der Waals surface area contributed by atoms with Gasteiger partial charge in [-0.25, -0.2) is 0 Å². The van der Waals surface area contributed by atoms with Crippen LogP contribution in [-0.2, 0) is 22.7 Å². The predicted octanol–water partition coefficient (Wildman–Crippen LogP) is 0.679. The smallest absolute Gasteiger partial charge is 0.255 e. The van der Waals surface area contributed by atoms with Gasteiger partial charge in [-0.15, -0.1) is 0 Å². The second-order valence-electron chi connectivity index (χ2n) is 8.09. The number of hydrogen-bond donors (Lipinski definition) is 3. The average molecular weight is 370 g/mol. The lowest BCUT2D eigenvalue weighted by Crippen LogP contribution is -2.52. The lowest BCUT2D eigenvalue weighted by atomic mass is 10.0. The molecule has 0 aromatic heterocycles. The number of carbonyl (C=O) groups is 3. The van der Waals surface area contributed by atoms with E-state index < -0.39 is 6.04 Å². The molecule has 27 heavy (non-hydrogen) atoms. The summed E-state index contributed by atoms with van der Waals surface area (Å²) in [6.07, 6.45) is 3.07. The largest absolute Gasteiger partial charge is 0.322 e. The number of carbonyl (C=O) groups excluding carboxylic acids is 3.